The summed E-state index contributed by atoms with van der Waals surface area (Å²) in [5.41, 5.74) is 5.68. The second-order valence-electron chi connectivity index (χ2n) is 8.49. The first-order valence-corrected chi connectivity index (χ1v) is 12.6. The number of carbonyl (C=O) groups excluding carboxylic acids is 2. The van der Waals surface area contributed by atoms with E-state index < -0.39 is 16.1 Å². The number of nitrogens with zero attached hydrogens (tertiary/aromatic N) is 1. The molecular weight excluding hydrogens is 402 g/mol. The lowest BCUT2D eigenvalue weighted by Crippen LogP contribution is -2.38. The zero-order valence-corrected chi connectivity index (χ0v) is 19.0. The fraction of sp³-hybridized carbons (Fsp3) is 0.636. The molecule has 0 bridgehead atoms. The molecule has 0 aliphatic heterocycles. The fourth-order valence-electron chi connectivity index (χ4n) is 4.68. The molecule has 2 N–H and O–H groups in total. The highest BCUT2D eigenvalue weighted by Gasteiger charge is 2.26. The first kappa shape index (κ1) is 22.6. The highest BCUT2D eigenvalue weighted by atomic mass is 32.2. The van der Waals surface area contributed by atoms with E-state index in [0.717, 1.165) is 55.3 Å². The second kappa shape index (κ2) is 9.37. The molecule has 166 valence electrons. The van der Waals surface area contributed by atoms with Gasteiger partial charge in [0.05, 0.1) is 5.75 Å². The van der Waals surface area contributed by atoms with Crippen LogP contribution in [-0.4, -0.2) is 43.6 Å². The summed E-state index contributed by atoms with van der Waals surface area (Å²) in [6, 6.07) is 1.63. The van der Waals surface area contributed by atoms with E-state index in [-0.39, 0.29) is 30.5 Å². The fourth-order valence-corrected chi connectivity index (χ4v) is 5.64. The third-order valence-electron chi connectivity index (χ3n) is 6.05. The molecule has 3 rings (SSSR count). The number of amides is 3. The van der Waals surface area contributed by atoms with Gasteiger partial charge in [0, 0.05) is 24.7 Å². The lowest BCUT2D eigenvalue weighted by atomic mass is 9.99. The van der Waals surface area contributed by atoms with Gasteiger partial charge in [0.25, 0.3) is 0 Å². The average molecular weight is 436 g/mol. The first-order chi connectivity index (χ1) is 14.2. The van der Waals surface area contributed by atoms with Crippen LogP contribution in [0.25, 0.3) is 0 Å². The van der Waals surface area contributed by atoms with E-state index in [9.17, 15) is 18.0 Å². The van der Waals surface area contributed by atoms with Crippen molar-refractivity contribution in [3.63, 3.8) is 0 Å². The van der Waals surface area contributed by atoms with Gasteiger partial charge in [-0.15, -0.1) is 0 Å². The molecule has 30 heavy (non-hydrogen) atoms. The topological polar surface area (TPSA) is 95.6 Å². The summed E-state index contributed by atoms with van der Waals surface area (Å²) < 4.78 is 26.8. The van der Waals surface area contributed by atoms with Crippen molar-refractivity contribution in [1.29, 1.82) is 0 Å². The molecule has 7 nitrogen and oxygen atoms in total. The SMILES string of the molecule is CCN(C(=O)CCCS(=O)(=O)NC(=O)Nc1c2c(cc3c1CCC3)CCC2)C(C)C. The standard InChI is InChI=1S/C22H33N3O4S/c1-4-25(15(2)3)20(26)12-7-13-30(28,29)24-22(27)23-21-18-10-5-8-16(18)14-17-9-6-11-19(17)21/h14-15H,4-13H2,1-3H3,(H2,23,24,27). The Labute approximate surface area is 179 Å². The third kappa shape index (κ3) is 5.14. The predicted molar refractivity (Wildman–Crippen MR) is 118 cm³/mol. The number of aryl methyl sites for hydroxylation is 2. The predicted octanol–water partition coefficient (Wildman–Crippen LogP) is 3.15. The van der Waals surface area contributed by atoms with E-state index >= 15 is 0 Å². The number of benzene rings is 1. The first-order valence-electron chi connectivity index (χ1n) is 11.0. The highest BCUT2D eigenvalue weighted by Crippen LogP contribution is 2.38. The monoisotopic (exact) mass is 435 g/mol. The number of nitrogens with one attached hydrogen (secondary N) is 2. The number of fused-ring (bicyclic) bond motifs is 2. The molecule has 8 heteroatoms. The molecule has 0 fully saturated rings. The Morgan fingerprint density at radius 3 is 2.20 bits per heavy atom. The Morgan fingerprint density at radius 1 is 1.07 bits per heavy atom. The molecule has 3 amide bonds. The van der Waals surface area contributed by atoms with E-state index in [4.69, 9.17) is 0 Å². The Bertz CT molecular complexity index is 893. The second-order valence-corrected chi connectivity index (χ2v) is 10.3. The number of sulfonamides is 1. The zero-order chi connectivity index (χ0) is 21.9. The molecule has 1 aromatic rings. The minimum absolute atomic E-state index is 0.0671. The van der Waals surface area contributed by atoms with E-state index in [1.165, 1.54) is 11.1 Å². The van der Waals surface area contributed by atoms with Gasteiger partial charge in [0.1, 0.15) is 0 Å². The van der Waals surface area contributed by atoms with Crippen LogP contribution in [0.4, 0.5) is 10.5 Å². The lowest BCUT2D eigenvalue weighted by molar-refractivity contribution is -0.132. The normalized spacial score (nSPS) is 15.1. The highest BCUT2D eigenvalue weighted by molar-refractivity contribution is 7.90. The smallest absolute Gasteiger partial charge is 0.332 e. The van der Waals surface area contributed by atoms with Crippen LogP contribution in [0.2, 0.25) is 0 Å². The Morgan fingerprint density at radius 2 is 1.67 bits per heavy atom. The molecule has 0 atom stereocenters. The largest absolute Gasteiger partial charge is 0.341 e. The van der Waals surface area contributed by atoms with E-state index in [1.807, 2.05) is 20.8 Å². The third-order valence-corrected chi connectivity index (χ3v) is 7.37. The summed E-state index contributed by atoms with van der Waals surface area (Å²) in [6.07, 6.45) is 6.30. The summed E-state index contributed by atoms with van der Waals surface area (Å²) in [5.74, 6) is -0.324. The van der Waals surface area contributed by atoms with Crippen LogP contribution in [0.15, 0.2) is 6.07 Å². The van der Waals surface area contributed by atoms with Crippen LogP contribution >= 0.6 is 0 Å². The molecule has 0 radical (unpaired) electrons. The molecule has 0 aromatic heterocycles. The molecule has 2 aliphatic rings. The maximum Gasteiger partial charge on any atom is 0.332 e. The van der Waals surface area contributed by atoms with Gasteiger partial charge in [-0.2, -0.15) is 0 Å². The van der Waals surface area contributed by atoms with Gasteiger partial charge in [0.15, 0.2) is 0 Å². The zero-order valence-electron chi connectivity index (χ0n) is 18.2. The number of rotatable bonds is 8. The molecule has 0 saturated heterocycles. The van der Waals surface area contributed by atoms with Gasteiger partial charge >= 0.3 is 6.03 Å². The van der Waals surface area contributed by atoms with Crippen LogP contribution < -0.4 is 10.0 Å². The van der Waals surface area contributed by atoms with Crippen molar-refractivity contribution in [3.8, 4) is 0 Å². The Kier molecular flexibility index (Phi) is 7.06. The Balaban J connectivity index is 1.58. The molecule has 0 unspecified atom stereocenters. The number of urea groups is 1. The maximum absolute atomic E-state index is 12.5. The average Bonchev–Trinajstić information content (AvgIpc) is 3.30. The molecule has 0 spiro atoms. The van der Waals surface area contributed by atoms with E-state index in [0.29, 0.717) is 6.54 Å². The summed E-state index contributed by atoms with van der Waals surface area (Å²) in [6.45, 7) is 6.36. The van der Waals surface area contributed by atoms with Crippen molar-refractivity contribution in [2.75, 3.05) is 17.6 Å². The van der Waals surface area contributed by atoms with Gasteiger partial charge in [-0.1, -0.05) is 6.07 Å². The molecule has 0 heterocycles. The summed E-state index contributed by atoms with van der Waals surface area (Å²) in [4.78, 5) is 26.4. The number of anilines is 1. The van der Waals surface area contributed by atoms with Gasteiger partial charge in [-0.05, 0) is 88.0 Å². The van der Waals surface area contributed by atoms with Crippen LogP contribution in [0, 0.1) is 0 Å². The van der Waals surface area contributed by atoms with Crippen molar-refractivity contribution in [3.05, 3.63) is 28.3 Å². The van der Waals surface area contributed by atoms with E-state index in [1.54, 1.807) is 4.90 Å². The number of carbonyl (C=O) groups is 2. The summed E-state index contributed by atoms with van der Waals surface area (Å²) in [5, 5.41) is 2.84. The van der Waals surface area contributed by atoms with Crippen molar-refractivity contribution in [2.24, 2.45) is 0 Å². The van der Waals surface area contributed by atoms with Crippen molar-refractivity contribution >= 4 is 27.6 Å². The molecule has 0 saturated carbocycles. The van der Waals surface area contributed by atoms with Crippen LogP contribution in [0.3, 0.4) is 0 Å². The maximum atomic E-state index is 12.5. The molecule has 1 aromatic carbocycles. The quantitative estimate of drug-likeness (QED) is 0.656. The summed E-state index contributed by atoms with van der Waals surface area (Å²) in [7, 11) is -3.81. The van der Waals surface area contributed by atoms with Crippen LogP contribution in [0.5, 0.6) is 0 Å². The van der Waals surface area contributed by atoms with E-state index in [2.05, 4.69) is 16.1 Å². The molecule has 2 aliphatic carbocycles. The van der Waals surface area contributed by atoms with Gasteiger partial charge in [0.2, 0.25) is 15.9 Å². The number of hydrogen-bond acceptors (Lipinski definition) is 4. The van der Waals surface area contributed by atoms with Gasteiger partial charge < -0.3 is 10.2 Å². The minimum atomic E-state index is -3.81. The summed E-state index contributed by atoms with van der Waals surface area (Å²) >= 11 is 0. The van der Waals surface area contributed by atoms with Crippen molar-refractivity contribution < 1.29 is 18.0 Å². The lowest BCUT2D eigenvalue weighted by Gasteiger charge is -2.25. The minimum Gasteiger partial charge on any atom is -0.341 e. The van der Waals surface area contributed by atoms with Gasteiger partial charge in [-0.25, -0.2) is 17.9 Å². The van der Waals surface area contributed by atoms with Gasteiger partial charge in [-0.3, -0.25) is 4.79 Å². The van der Waals surface area contributed by atoms with Crippen molar-refractivity contribution in [1.82, 2.24) is 9.62 Å². The molecular formula is C22H33N3O4S. The van der Waals surface area contributed by atoms with Crippen molar-refractivity contribution in [2.45, 2.75) is 78.2 Å². The number of hydrogen-bond donors (Lipinski definition) is 2. The Hall–Kier alpha value is -2.09. The van der Waals surface area contributed by atoms with Crippen LogP contribution in [-0.2, 0) is 40.5 Å². The van der Waals surface area contributed by atoms with Crippen LogP contribution in [0.1, 0.15) is 68.7 Å².